The number of carbonyl (C=O) groups is 2. The van der Waals surface area contributed by atoms with Crippen LogP contribution in [0.3, 0.4) is 0 Å². The molecule has 3 heterocycles. The van der Waals surface area contributed by atoms with Crippen molar-refractivity contribution in [3.05, 3.63) is 86.9 Å². The summed E-state index contributed by atoms with van der Waals surface area (Å²) in [6.07, 6.45) is 4.79. The Morgan fingerprint density at radius 3 is 2.36 bits per heavy atom. The summed E-state index contributed by atoms with van der Waals surface area (Å²) in [5, 5.41) is 13.8. The van der Waals surface area contributed by atoms with E-state index in [1.54, 1.807) is 14.2 Å². The lowest BCUT2D eigenvalue weighted by molar-refractivity contribution is -0.143. The van der Waals surface area contributed by atoms with Crippen LogP contribution in [0.4, 0.5) is 0 Å². The van der Waals surface area contributed by atoms with Gasteiger partial charge in [0.15, 0.2) is 0 Å². The van der Waals surface area contributed by atoms with E-state index in [0.717, 1.165) is 70.4 Å². The van der Waals surface area contributed by atoms with Crippen LogP contribution in [0.2, 0.25) is 10.0 Å². The zero-order valence-corrected chi connectivity index (χ0v) is 31.5. The van der Waals surface area contributed by atoms with Crippen molar-refractivity contribution in [3.63, 3.8) is 0 Å². The molecule has 0 unspecified atom stereocenters. The van der Waals surface area contributed by atoms with Gasteiger partial charge in [-0.15, -0.1) is 0 Å². The van der Waals surface area contributed by atoms with Crippen molar-refractivity contribution < 1.29 is 28.9 Å². The van der Waals surface area contributed by atoms with E-state index in [0.29, 0.717) is 91.2 Å². The Morgan fingerprint density at radius 2 is 1.62 bits per heavy atom. The molecule has 4 aromatic rings. The third-order valence-corrected chi connectivity index (χ3v) is 11.4. The fourth-order valence-corrected chi connectivity index (χ4v) is 8.46. The maximum absolute atomic E-state index is 11.6. The van der Waals surface area contributed by atoms with Crippen LogP contribution >= 0.6 is 23.2 Å². The predicted octanol–water partition coefficient (Wildman–Crippen LogP) is 7.96. The number of carboxylic acid groups (broad SMARTS) is 1. The summed E-state index contributed by atoms with van der Waals surface area (Å²) in [6, 6.07) is 18.0. The minimum Gasteiger partial charge on any atom is -0.481 e. The van der Waals surface area contributed by atoms with Crippen molar-refractivity contribution >= 4 is 35.0 Å². The predicted molar refractivity (Wildman–Crippen MR) is 204 cm³/mol. The molecule has 0 spiro atoms. The number of hydrogen-bond donors (Lipinski definition) is 2. The van der Waals surface area contributed by atoms with Crippen molar-refractivity contribution in [1.29, 1.82) is 0 Å². The number of halogens is 2. The number of ketones is 1. The number of piperidine rings is 1. The molecule has 12 heteroatoms. The van der Waals surface area contributed by atoms with E-state index in [9.17, 15) is 14.7 Å². The maximum atomic E-state index is 11.6. The molecule has 0 amide bonds. The first-order valence-electron chi connectivity index (χ1n) is 18.2. The van der Waals surface area contributed by atoms with Gasteiger partial charge in [0.2, 0.25) is 17.6 Å². The second-order valence-corrected chi connectivity index (χ2v) is 14.9. The second-order valence-electron chi connectivity index (χ2n) is 14.2. The summed E-state index contributed by atoms with van der Waals surface area (Å²) >= 11 is 14.0. The number of Topliss-reactive ketones (excluding diaryl/α,β-unsaturated/α-hetero) is 1. The van der Waals surface area contributed by atoms with Crippen molar-refractivity contribution in [3.8, 4) is 40.0 Å². The maximum Gasteiger partial charge on any atom is 0.306 e. The molecule has 2 atom stereocenters. The first-order valence-corrected chi connectivity index (χ1v) is 19.0. The highest BCUT2D eigenvalue weighted by molar-refractivity contribution is 6.36. The van der Waals surface area contributed by atoms with E-state index in [2.05, 4.69) is 27.3 Å². The van der Waals surface area contributed by atoms with Crippen LogP contribution in [0.5, 0.6) is 17.6 Å². The number of benzene rings is 2. The average Bonchev–Trinajstić information content (AvgIpc) is 3.78. The molecule has 1 saturated carbocycles. The number of ether oxygens (including phenoxy) is 3. The number of aromatic nitrogens is 2. The van der Waals surface area contributed by atoms with Crippen LogP contribution in [0.15, 0.2) is 54.6 Å². The van der Waals surface area contributed by atoms with Gasteiger partial charge in [-0.2, -0.15) is 4.98 Å². The minimum absolute atomic E-state index is 0.260. The molecule has 1 aliphatic heterocycles. The van der Waals surface area contributed by atoms with Crippen LogP contribution < -0.4 is 19.5 Å². The van der Waals surface area contributed by atoms with Gasteiger partial charge in [0.1, 0.15) is 16.9 Å². The number of pyridine rings is 2. The molecular formula is C41H44Cl2N4O6. The number of fused-ring (bicyclic) bond motifs is 1. The second kappa shape index (κ2) is 16.4. The first-order chi connectivity index (χ1) is 25.7. The van der Waals surface area contributed by atoms with Gasteiger partial charge in [-0.25, -0.2) is 4.98 Å². The number of carbonyl (C=O) groups excluding carboxylic acids is 1. The standard InChI is InChI=1S/C41H44Cl2N4O6/c1-51-38-26(22-44-21-24-9-11-28(48)19-24)10-13-35(45-38)33-8-4-7-32(37(33)43)29-5-3-6-31-30(29)12-14-36(31)53-40-34(42)20-27(39(46-40)52-2)23-47-17-15-25(16-18-47)41(49)50/h3-8,10,13,20,24-25,36,44H,9,11-12,14-19,21-23H2,1-2H3,(H,49,50)/t24-,36+/m1/s1. The summed E-state index contributed by atoms with van der Waals surface area (Å²) in [7, 11) is 3.20. The quantitative estimate of drug-likeness (QED) is 0.139. The van der Waals surface area contributed by atoms with Crippen molar-refractivity contribution in [2.45, 2.75) is 64.1 Å². The van der Waals surface area contributed by atoms with Gasteiger partial charge < -0.3 is 24.6 Å². The Kier molecular flexibility index (Phi) is 11.5. The number of hydrogen-bond acceptors (Lipinski definition) is 9. The molecule has 0 bridgehead atoms. The summed E-state index contributed by atoms with van der Waals surface area (Å²) in [5.74, 6) is 1.00. The van der Waals surface area contributed by atoms with E-state index in [1.807, 2.05) is 42.5 Å². The number of nitrogens with one attached hydrogen (secondary N) is 1. The molecule has 2 fully saturated rings. The van der Waals surface area contributed by atoms with Gasteiger partial charge in [0, 0.05) is 48.2 Å². The molecular weight excluding hydrogens is 715 g/mol. The van der Waals surface area contributed by atoms with Crippen molar-refractivity contribution in [2.24, 2.45) is 11.8 Å². The van der Waals surface area contributed by atoms with E-state index in [1.165, 1.54) is 0 Å². The van der Waals surface area contributed by atoms with E-state index in [-0.39, 0.29) is 12.0 Å². The lowest BCUT2D eigenvalue weighted by atomic mass is 9.94. The zero-order chi connectivity index (χ0) is 37.1. The normalized spacial score (nSPS) is 19.0. The summed E-state index contributed by atoms with van der Waals surface area (Å²) in [4.78, 5) is 34.8. The topological polar surface area (TPSA) is 123 Å². The largest absolute Gasteiger partial charge is 0.481 e. The highest BCUT2D eigenvalue weighted by atomic mass is 35.5. The molecule has 0 radical (unpaired) electrons. The molecule has 3 aliphatic rings. The summed E-state index contributed by atoms with van der Waals surface area (Å²) < 4.78 is 17.8. The van der Waals surface area contributed by atoms with Gasteiger partial charge >= 0.3 is 5.97 Å². The SMILES string of the molecule is COc1nc(-c2cccc(-c3cccc4c3CC[C@@H]4Oc3nc(OC)c(CN4CCC(C(=O)O)CC4)cc3Cl)c2Cl)ccc1CNC[C@@H]1CCC(=O)C1. The van der Waals surface area contributed by atoms with Crippen LogP contribution in [0.1, 0.15) is 66.9 Å². The van der Waals surface area contributed by atoms with E-state index in [4.69, 9.17) is 42.4 Å². The van der Waals surface area contributed by atoms with Crippen LogP contribution in [-0.4, -0.2) is 65.6 Å². The number of methoxy groups -OCH3 is 2. The summed E-state index contributed by atoms with van der Waals surface area (Å²) in [5.41, 5.74) is 7.48. The fourth-order valence-electron chi connectivity index (χ4n) is 7.92. The van der Waals surface area contributed by atoms with Gasteiger partial charge in [-0.3, -0.25) is 14.5 Å². The number of likely N-dealkylation sites (tertiary alicyclic amines) is 1. The molecule has 2 aromatic heterocycles. The Morgan fingerprint density at radius 1 is 0.887 bits per heavy atom. The molecule has 2 N–H and O–H groups in total. The lowest BCUT2D eigenvalue weighted by Crippen LogP contribution is -2.35. The van der Waals surface area contributed by atoms with E-state index >= 15 is 0 Å². The van der Waals surface area contributed by atoms with Gasteiger partial charge in [-0.1, -0.05) is 65.7 Å². The number of carboxylic acids is 1. The van der Waals surface area contributed by atoms with Gasteiger partial charge in [0.05, 0.1) is 30.9 Å². The van der Waals surface area contributed by atoms with Gasteiger partial charge in [-0.05, 0) is 86.5 Å². The van der Waals surface area contributed by atoms with Crippen molar-refractivity contribution in [1.82, 2.24) is 20.2 Å². The number of rotatable bonds is 13. The monoisotopic (exact) mass is 758 g/mol. The first kappa shape index (κ1) is 37.1. The minimum atomic E-state index is -0.731. The van der Waals surface area contributed by atoms with Crippen LogP contribution in [-0.2, 0) is 29.1 Å². The van der Waals surface area contributed by atoms with Crippen LogP contribution in [0, 0.1) is 11.8 Å². The zero-order valence-electron chi connectivity index (χ0n) is 30.0. The molecule has 2 aromatic carbocycles. The number of nitrogens with zero attached hydrogens (tertiary/aromatic N) is 3. The molecule has 1 saturated heterocycles. The fraction of sp³-hybridized carbons (Fsp3) is 0.415. The highest BCUT2D eigenvalue weighted by Crippen LogP contribution is 2.45. The molecule has 2 aliphatic carbocycles. The molecule has 10 nitrogen and oxygen atoms in total. The average molecular weight is 760 g/mol. The smallest absolute Gasteiger partial charge is 0.306 e. The van der Waals surface area contributed by atoms with E-state index < -0.39 is 5.97 Å². The van der Waals surface area contributed by atoms with Crippen LogP contribution in [0.25, 0.3) is 22.4 Å². The third kappa shape index (κ3) is 8.16. The molecule has 7 rings (SSSR count). The summed E-state index contributed by atoms with van der Waals surface area (Å²) in [6.45, 7) is 3.32. The Balaban J connectivity index is 1.07. The molecule has 278 valence electrons. The van der Waals surface area contributed by atoms with Crippen molar-refractivity contribution in [2.75, 3.05) is 33.9 Å². The lowest BCUT2D eigenvalue weighted by Gasteiger charge is -2.30. The third-order valence-electron chi connectivity index (χ3n) is 10.8. The Hall–Kier alpha value is -4.22. The van der Waals surface area contributed by atoms with Gasteiger partial charge in [0.25, 0.3) is 0 Å². The number of aliphatic carboxylic acids is 1. The molecule has 53 heavy (non-hydrogen) atoms. The Labute approximate surface area is 319 Å². The Bertz CT molecular complexity index is 2000. The highest BCUT2D eigenvalue weighted by Gasteiger charge is 2.30.